The molecule has 0 amide bonds. The van der Waals surface area contributed by atoms with Crippen molar-refractivity contribution in [2.75, 3.05) is 12.8 Å². The Morgan fingerprint density at radius 3 is 2.82 bits per heavy atom. The first-order valence-electron chi connectivity index (χ1n) is 5.27. The topological polar surface area (TPSA) is 72.2 Å². The van der Waals surface area contributed by atoms with Crippen molar-refractivity contribution in [1.82, 2.24) is 5.32 Å². The highest BCUT2D eigenvalue weighted by Crippen LogP contribution is 2.12. The van der Waals surface area contributed by atoms with Gasteiger partial charge in [0.2, 0.25) is 0 Å². The van der Waals surface area contributed by atoms with Crippen molar-refractivity contribution in [3.8, 4) is 0 Å². The molecule has 0 spiro atoms. The number of rotatable bonds is 6. The lowest BCUT2D eigenvalue weighted by molar-refractivity contribution is -0.384. The van der Waals surface area contributed by atoms with Crippen molar-refractivity contribution in [3.63, 3.8) is 0 Å². The van der Waals surface area contributed by atoms with Crippen LogP contribution in [0.5, 0.6) is 0 Å². The van der Waals surface area contributed by atoms with Crippen LogP contribution in [0.1, 0.15) is 12.5 Å². The summed E-state index contributed by atoms with van der Waals surface area (Å²) in [5, 5.41) is 13.8. The number of benzene rings is 1. The highest BCUT2D eigenvalue weighted by atomic mass is 32.2. The van der Waals surface area contributed by atoms with Crippen molar-refractivity contribution in [2.24, 2.45) is 0 Å². The van der Waals surface area contributed by atoms with E-state index >= 15 is 0 Å². The van der Waals surface area contributed by atoms with Gasteiger partial charge in [-0.3, -0.25) is 14.3 Å². The van der Waals surface area contributed by atoms with Crippen LogP contribution >= 0.6 is 0 Å². The maximum atomic E-state index is 11.1. The van der Waals surface area contributed by atoms with Gasteiger partial charge in [0.25, 0.3) is 5.69 Å². The molecule has 17 heavy (non-hydrogen) atoms. The van der Waals surface area contributed by atoms with E-state index < -0.39 is 15.7 Å². The van der Waals surface area contributed by atoms with Gasteiger partial charge in [0.1, 0.15) is 0 Å². The van der Waals surface area contributed by atoms with E-state index in [1.165, 1.54) is 6.07 Å². The summed E-state index contributed by atoms with van der Waals surface area (Å²) in [6.45, 7) is 3.07. The summed E-state index contributed by atoms with van der Waals surface area (Å²) in [6, 6.07) is 6.50. The van der Waals surface area contributed by atoms with E-state index in [2.05, 4.69) is 5.32 Å². The predicted molar refractivity (Wildman–Crippen MR) is 68.3 cm³/mol. The second-order valence-electron chi connectivity index (χ2n) is 3.87. The average molecular weight is 256 g/mol. The summed E-state index contributed by atoms with van der Waals surface area (Å²) >= 11 is 0. The second-order valence-corrected chi connectivity index (χ2v) is 5.67. The molecule has 0 aliphatic carbocycles. The van der Waals surface area contributed by atoms with Crippen LogP contribution in [0.3, 0.4) is 0 Å². The van der Waals surface area contributed by atoms with Crippen molar-refractivity contribution in [3.05, 3.63) is 39.9 Å². The van der Waals surface area contributed by atoms with Gasteiger partial charge in [-0.25, -0.2) is 0 Å². The maximum absolute atomic E-state index is 11.1. The smallest absolute Gasteiger partial charge is 0.269 e. The van der Waals surface area contributed by atoms with Gasteiger partial charge in [-0.1, -0.05) is 12.1 Å². The first-order valence-corrected chi connectivity index (χ1v) is 6.89. The Balaban J connectivity index is 2.49. The van der Waals surface area contributed by atoms with Crippen LogP contribution in [-0.2, 0) is 17.3 Å². The maximum Gasteiger partial charge on any atom is 0.269 e. The van der Waals surface area contributed by atoms with Gasteiger partial charge in [0, 0.05) is 47.5 Å². The predicted octanol–water partition coefficient (Wildman–Crippen LogP) is 1.45. The van der Waals surface area contributed by atoms with Crippen LogP contribution in [0.4, 0.5) is 5.69 Å². The molecule has 0 aliphatic heterocycles. The molecule has 5 nitrogen and oxygen atoms in total. The highest BCUT2D eigenvalue weighted by Gasteiger charge is 2.07. The van der Waals surface area contributed by atoms with Gasteiger partial charge in [-0.2, -0.15) is 0 Å². The van der Waals surface area contributed by atoms with Gasteiger partial charge in [-0.05, 0) is 12.5 Å². The van der Waals surface area contributed by atoms with Crippen LogP contribution in [0.25, 0.3) is 0 Å². The minimum atomic E-state index is -0.851. The van der Waals surface area contributed by atoms with E-state index in [9.17, 15) is 14.3 Å². The van der Waals surface area contributed by atoms with Gasteiger partial charge >= 0.3 is 0 Å². The molecule has 1 N–H and O–H groups in total. The lowest BCUT2D eigenvalue weighted by Gasteiger charge is -2.09. The molecule has 2 atom stereocenters. The zero-order chi connectivity index (χ0) is 12.8. The normalized spacial score (nSPS) is 14.2. The van der Waals surface area contributed by atoms with Crippen LogP contribution in [0.15, 0.2) is 24.3 Å². The molecule has 0 fully saturated rings. The Morgan fingerprint density at radius 1 is 1.53 bits per heavy atom. The molecule has 0 unspecified atom stereocenters. The lowest BCUT2D eigenvalue weighted by atomic mass is 10.2. The summed E-state index contributed by atoms with van der Waals surface area (Å²) in [4.78, 5) is 10.2. The van der Waals surface area contributed by atoms with E-state index in [0.717, 1.165) is 5.56 Å². The van der Waals surface area contributed by atoms with Crippen molar-refractivity contribution < 1.29 is 9.13 Å². The molecule has 0 aromatic heterocycles. The van der Waals surface area contributed by atoms with E-state index in [1.54, 1.807) is 18.4 Å². The number of non-ortho nitro benzene ring substituents is 1. The highest BCUT2D eigenvalue weighted by molar-refractivity contribution is 7.84. The summed E-state index contributed by atoms with van der Waals surface area (Å²) in [5.74, 6) is 0. The third-order valence-electron chi connectivity index (χ3n) is 2.45. The Hall–Kier alpha value is -1.27. The van der Waals surface area contributed by atoms with E-state index in [4.69, 9.17) is 0 Å². The molecule has 1 aromatic rings. The summed E-state index contributed by atoms with van der Waals surface area (Å²) in [7, 11) is -0.851. The third kappa shape index (κ3) is 4.62. The zero-order valence-corrected chi connectivity index (χ0v) is 10.7. The fraction of sp³-hybridized carbons (Fsp3) is 0.455. The number of nitrogens with one attached hydrogen (secondary N) is 1. The van der Waals surface area contributed by atoms with Crippen LogP contribution < -0.4 is 5.32 Å². The van der Waals surface area contributed by atoms with E-state index in [-0.39, 0.29) is 10.9 Å². The molecule has 0 aliphatic rings. The molecular formula is C11H16N2O3S. The van der Waals surface area contributed by atoms with Gasteiger partial charge in [0.15, 0.2) is 0 Å². The molecule has 0 saturated carbocycles. The summed E-state index contributed by atoms with van der Waals surface area (Å²) in [6.07, 6.45) is 1.67. The number of nitro benzene ring substituents is 1. The molecule has 1 aromatic carbocycles. The van der Waals surface area contributed by atoms with E-state index in [1.807, 2.05) is 13.0 Å². The minimum absolute atomic E-state index is 0.0775. The first-order chi connectivity index (χ1) is 8.00. The Labute approximate surface area is 103 Å². The minimum Gasteiger partial charge on any atom is -0.311 e. The fourth-order valence-electron chi connectivity index (χ4n) is 1.32. The van der Waals surface area contributed by atoms with E-state index in [0.29, 0.717) is 13.1 Å². The SMILES string of the molecule is C[C@H](CNCc1cccc([N+](=O)[O-])c1)[S@@](C)=O. The molecule has 0 bridgehead atoms. The van der Waals surface area contributed by atoms with Crippen molar-refractivity contribution >= 4 is 16.5 Å². The molecule has 6 heteroatoms. The molecule has 0 radical (unpaired) electrons. The third-order valence-corrected chi connectivity index (χ3v) is 3.75. The number of hydrogen-bond acceptors (Lipinski definition) is 4. The zero-order valence-electron chi connectivity index (χ0n) is 9.88. The Morgan fingerprint density at radius 2 is 2.24 bits per heavy atom. The largest absolute Gasteiger partial charge is 0.311 e. The molecule has 0 heterocycles. The quantitative estimate of drug-likeness (QED) is 0.617. The number of nitro groups is 1. The molecule has 1 rings (SSSR count). The number of nitrogens with zero attached hydrogens (tertiary/aromatic N) is 1. The first kappa shape index (κ1) is 13.8. The monoisotopic (exact) mass is 256 g/mol. The van der Waals surface area contributed by atoms with Crippen LogP contribution in [0.2, 0.25) is 0 Å². The van der Waals surface area contributed by atoms with Crippen molar-refractivity contribution in [2.45, 2.75) is 18.7 Å². The number of hydrogen-bond donors (Lipinski definition) is 1. The van der Waals surface area contributed by atoms with Crippen molar-refractivity contribution in [1.29, 1.82) is 0 Å². The van der Waals surface area contributed by atoms with Crippen LogP contribution in [-0.4, -0.2) is 27.2 Å². The van der Waals surface area contributed by atoms with Crippen LogP contribution in [0, 0.1) is 10.1 Å². The fourth-order valence-corrected chi connectivity index (χ4v) is 1.67. The molecule has 0 saturated heterocycles. The van der Waals surface area contributed by atoms with Gasteiger partial charge in [0.05, 0.1) is 4.92 Å². The second kappa shape index (κ2) is 6.46. The summed E-state index contributed by atoms with van der Waals surface area (Å²) < 4.78 is 11.1. The standard InChI is InChI=1S/C11H16N2O3S/c1-9(17(2)16)7-12-8-10-4-3-5-11(6-10)13(14)15/h3-6,9,12H,7-8H2,1-2H3/t9-,17-/m1/s1. The van der Waals surface area contributed by atoms with Gasteiger partial charge < -0.3 is 5.32 Å². The van der Waals surface area contributed by atoms with Gasteiger partial charge in [-0.15, -0.1) is 0 Å². The Bertz CT molecular complexity index is 423. The molecule has 94 valence electrons. The summed E-state index contributed by atoms with van der Waals surface area (Å²) in [5.41, 5.74) is 0.949. The molecular weight excluding hydrogens is 240 g/mol. The average Bonchev–Trinajstić information content (AvgIpc) is 2.29. The lowest BCUT2D eigenvalue weighted by Crippen LogP contribution is -2.27. The Kier molecular flexibility index (Phi) is 5.24.